The molecule has 0 heterocycles. The lowest BCUT2D eigenvalue weighted by molar-refractivity contribution is 0.443. The minimum Gasteiger partial charge on any atom is -0.211 e. The Morgan fingerprint density at radius 2 is 1.67 bits per heavy atom. The Kier molecular flexibility index (Phi) is 6.88. The molecule has 0 bridgehead atoms. The third kappa shape index (κ3) is 5.11. The van der Waals surface area contributed by atoms with Crippen molar-refractivity contribution in [3.8, 4) is 0 Å². The molecule has 1 atom stereocenters. The SMILES string of the molecule is CCCCC(CC)CNS(=O)(=O)c1c(C)cc(C)cc1C. The van der Waals surface area contributed by atoms with Crippen LogP contribution in [0.4, 0.5) is 0 Å². The highest BCUT2D eigenvalue weighted by Crippen LogP contribution is 2.22. The fraction of sp³-hybridized carbons (Fsp3) is 0.647. The zero-order valence-electron chi connectivity index (χ0n) is 14.0. The predicted octanol–water partition coefficient (Wildman–Crippen LogP) is 4.11. The van der Waals surface area contributed by atoms with E-state index in [0.717, 1.165) is 42.4 Å². The molecule has 0 saturated heterocycles. The normalized spacial score (nSPS) is 13.4. The molecule has 120 valence electrons. The van der Waals surface area contributed by atoms with E-state index < -0.39 is 10.0 Å². The number of nitrogens with one attached hydrogen (secondary N) is 1. The minimum atomic E-state index is -3.42. The zero-order valence-corrected chi connectivity index (χ0v) is 14.8. The molecule has 0 aliphatic carbocycles. The number of aryl methyl sites for hydroxylation is 3. The summed E-state index contributed by atoms with van der Waals surface area (Å²) in [6.07, 6.45) is 4.40. The molecule has 3 nitrogen and oxygen atoms in total. The van der Waals surface area contributed by atoms with Crippen molar-refractivity contribution in [3.63, 3.8) is 0 Å². The summed E-state index contributed by atoms with van der Waals surface area (Å²) in [7, 11) is -3.42. The molecule has 0 aliphatic rings. The van der Waals surface area contributed by atoms with E-state index in [1.54, 1.807) is 0 Å². The maximum absolute atomic E-state index is 12.6. The van der Waals surface area contributed by atoms with Gasteiger partial charge in [-0.1, -0.05) is 50.8 Å². The van der Waals surface area contributed by atoms with Crippen LogP contribution in [0.1, 0.15) is 56.2 Å². The minimum absolute atomic E-state index is 0.422. The molecule has 1 aromatic carbocycles. The molecule has 1 rings (SSSR count). The van der Waals surface area contributed by atoms with E-state index in [0.29, 0.717) is 17.4 Å². The van der Waals surface area contributed by atoms with Crippen molar-refractivity contribution < 1.29 is 8.42 Å². The average molecular weight is 311 g/mol. The van der Waals surface area contributed by atoms with E-state index in [-0.39, 0.29) is 0 Å². The molecule has 0 aliphatic heterocycles. The standard InChI is InChI=1S/C17H29NO2S/c1-6-8-9-16(7-2)12-18-21(19,20)17-14(4)10-13(3)11-15(17)5/h10-11,16,18H,6-9,12H2,1-5H3. The van der Waals surface area contributed by atoms with Crippen LogP contribution in [0.2, 0.25) is 0 Å². The molecule has 0 amide bonds. The lowest BCUT2D eigenvalue weighted by Crippen LogP contribution is -2.30. The first-order valence-corrected chi connectivity index (χ1v) is 9.37. The van der Waals surface area contributed by atoms with Crippen LogP contribution >= 0.6 is 0 Å². The fourth-order valence-corrected chi connectivity index (χ4v) is 4.40. The summed E-state index contributed by atoms with van der Waals surface area (Å²) in [6.45, 7) is 10.5. The molecular weight excluding hydrogens is 282 g/mol. The number of sulfonamides is 1. The second-order valence-corrected chi connectivity index (χ2v) is 7.70. The highest BCUT2D eigenvalue weighted by Gasteiger charge is 2.20. The summed E-state index contributed by atoms with van der Waals surface area (Å²) in [4.78, 5) is 0.443. The van der Waals surface area contributed by atoms with Crippen LogP contribution in [-0.4, -0.2) is 15.0 Å². The first-order valence-electron chi connectivity index (χ1n) is 7.89. The number of unbranched alkanes of at least 4 members (excludes halogenated alkanes) is 1. The molecule has 0 spiro atoms. The molecule has 0 aromatic heterocycles. The average Bonchev–Trinajstić information content (AvgIpc) is 2.37. The highest BCUT2D eigenvalue weighted by molar-refractivity contribution is 7.89. The third-order valence-corrected chi connectivity index (χ3v) is 5.71. The molecule has 1 aromatic rings. The first kappa shape index (κ1) is 18.2. The predicted molar refractivity (Wildman–Crippen MR) is 89.1 cm³/mol. The van der Waals surface area contributed by atoms with Crippen LogP contribution in [0.25, 0.3) is 0 Å². The van der Waals surface area contributed by atoms with Crippen LogP contribution in [0, 0.1) is 26.7 Å². The van der Waals surface area contributed by atoms with Crippen LogP contribution in [0.15, 0.2) is 17.0 Å². The Morgan fingerprint density at radius 1 is 1.10 bits per heavy atom. The van der Waals surface area contributed by atoms with Crippen molar-refractivity contribution in [2.45, 2.75) is 65.2 Å². The largest absolute Gasteiger partial charge is 0.241 e. The Balaban J connectivity index is 2.87. The van der Waals surface area contributed by atoms with Crippen LogP contribution in [-0.2, 0) is 10.0 Å². The van der Waals surface area contributed by atoms with E-state index >= 15 is 0 Å². The quantitative estimate of drug-likeness (QED) is 0.785. The van der Waals surface area contributed by atoms with Gasteiger partial charge < -0.3 is 0 Å². The highest BCUT2D eigenvalue weighted by atomic mass is 32.2. The second kappa shape index (κ2) is 7.95. The van der Waals surface area contributed by atoms with E-state index in [2.05, 4.69) is 18.6 Å². The van der Waals surface area contributed by atoms with E-state index in [1.165, 1.54) is 0 Å². The van der Waals surface area contributed by atoms with Gasteiger partial charge in [-0.05, 0) is 44.2 Å². The number of rotatable bonds is 8. The lowest BCUT2D eigenvalue weighted by Gasteiger charge is -2.17. The van der Waals surface area contributed by atoms with E-state index in [9.17, 15) is 8.42 Å². The van der Waals surface area contributed by atoms with E-state index in [1.807, 2.05) is 32.9 Å². The second-order valence-electron chi connectivity index (χ2n) is 6.00. The number of benzene rings is 1. The number of hydrogen-bond acceptors (Lipinski definition) is 2. The summed E-state index contributed by atoms with van der Waals surface area (Å²) >= 11 is 0. The van der Waals surface area contributed by atoms with Crippen LogP contribution in [0.5, 0.6) is 0 Å². The molecule has 0 saturated carbocycles. The monoisotopic (exact) mass is 311 g/mol. The Labute approximate surface area is 130 Å². The van der Waals surface area contributed by atoms with Gasteiger partial charge in [-0.3, -0.25) is 0 Å². The summed E-state index contributed by atoms with van der Waals surface area (Å²) < 4.78 is 27.9. The molecule has 0 radical (unpaired) electrons. The lowest BCUT2D eigenvalue weighted by atomic mass is 10.00. The molecule has 0 fully saturated rings. The van der Waals surface area contributed by atoms with Gasteiger partial charge in [-0.2, -0.15) is 0 Å². The van der Waals surface area contributed by atoms with Crippen LogP contribution in [0.3, 0.4) is 0 Å². The van der Waals surface area contributed by atoms with Crippen molar-refractivity contribution in [1.82, 2.24) is 4.72 Å². The summed E-state index contributed by atoms with van der Waals surface area (Å²) in [6, 6.07) is 3.85. The van der Waals surface area contributed by atoms with Crippen molar-refractivity contribution in [3.05, 3.63) is 28.8 Å². The molecule has 4 heteroatoms. The van der Waals surface area contributed by atoms with Gasteiger partial charge in [-0.15, -0.1) is 0 Å². The molecule has 21 heavy (non-hydrogen) atoms. The molecular formula is C17H29NO2S. The Morgan fingerprint density at radius 3 is 2.14 bits per heavy atom. The van der Waals surface area contributed by atoms with Crippen molar-refractivity contribution in [2.75, 3.05) is 6.54 Å². The molecule has 1 N–H and O–H groups in total. The Bertz CT molecular complexity index is 541. The number of hydrogen-bond donors (Lipinski definition) is 1. The van der Waals surface area contributed by atoms with Crippen molar-refractivity contribution in [2.24, 2.45) is 5.92 Å². The summed E-state index contributed by atoms with van der Waals surface area (Å²) in [5.41, 5.74) is 2.74. The van der Waals surface area contributed by atoms with Gasteiger partial charge in [0, 0.05) is 6.54 Å². The van der Waals surface area contributed by atoms with Gasteiger partial charge >= 0.3 is 0 Å². The summed E-state index contributed by atoms with van der Waals surface area (Å²) in [5.74, 6) is 0.422. The smallest absolute Gasteiger partial charge is 0.211 e. The maximum Gasteiger partial charge on any atom is 0.241 e. The fourth-order valence-electron chi connectivity index (χ4n) is 2.83. The van der Waals surface area contributed by atoms with Gasteiger partial charge in [0.25, 0.3) is 0 Å². The van der Waals surface area contributed by atoms with Crippen molar-refractivity contribution >= 4 is 10.0 Å². The van der Waals surface area contributed by atoms with Gasteiger partial charge in [0.05, 0.1) is 4.90 Å². The van der Waals surface area contributed by atoms with Gasteiger partial charge in [0.15, 0.2) is 0 Å². The van der Waals surface area contributed by atoms with Crippen molar-refractivity contribution in [1.29, 1.82) is 0 Å². The maximum atomic E-state index is 12.6. The van der Waals surface area contributed by atoms with Gasteiger partial charge in [0.1, 0.15) is 0 Å². The zero-order chi connectivity index (χ0) is 16.0. The van der Waals surface area contributed by atoms with Crippen LogP contribution < -0.4 is 4.72 Å². The third-order valence-electron chi connectivity index (χ3n) is 3.98. The Hall–Kier alpha value is -0.870. The first-order chi connectivity index (χ1) is 9.81. The molecule has 1 unspecified atom stereocenters. The van der Waals surface area contributed by atoms with Gasteiger partial charge in [-0.25, -0.2) is 13.1 Å². The topological polar surface area (TPSA) is 46.2 Å². The summed E-state index contributed by atoms with van der Waals surface area (Å²) in [5, 5.41) is 0. The van der Waals surface area contributed by atoms with E-state index in [4.69, 9.17) is 0 Å². The van der Waals surface area contributed by atoms with Gasteiger partial charge in [0.2, 0.25) is 10.0 Å².